The van der Waals surface area contributed by atoms with Crippen molar-refractivity contribution in [3.8, 4) is 0 Å². The van der Waals surface area contributed by atoms with Crippen molar-refractivity contribution in [2.75, 3.05) is 13.6 Å². The number of thioether (sulfide) groups is 1. The molecule has 16 heavy (non-hydrogen) atoms. The number of fused-ring (bicyclic) bond motifs is 1. The van der Waals surface area contributed by atoms with E-state index >= 15 is 0 Å². The molecule has 2 unspecified atom stereocenters. The first-order valence-corrected chi connectivity index (χ1v) is 7.92. The normalized spacial score (nSPS) is 30.6. The SMILES string of the molecule is CN1CCC(N)CC1c1csc2c1CSC2. The van der Waals surface area contributed by atoms with E-state index < -0.39 is 0 Å². The van der Waals surface area contributed by atoms with Crippen LogP contribution in [0.2, 0.25) is 0 Å². The molecule has 0 aliphatic carbocycles. The fourth-order valence-corrected chi connectivity index (χ4v) is 5.24. The molecule has 4 heteroatoms. The highest BCUT2D eigenvalue weighted by atomic mass is 32.2. The Bertz CT molecular complexity index is 388. The molecule has 1 aromatic rings. The van der Waals surface area contributed by atoms with Crippen LogP contribution in [-0.4, -0.2) is 24.5 Å². The molecular formula is C12H18N2S2. The number of hydrogen-bond donors (Lipinski definition) is 1. The third kappa shape index (κ3) is 1.82. The van der Waals surface area contributed by atoms with Crippen LogP contribution in [0.4, 0.5) is 0 Å². The van der Waals surface area contributed by atoms with Gasteiger partial charge in [0.2, 0.25) is 0 Å². The Morgan fingerprint density at radius 2 is 2.31 bits per heavy atom. The first-order valence-electron chi connectivity index (χ1n) is 5.88. The van der Waals surface area contributed by atoms with Crippen LogP contribution in [-0.2, 0) is 11.5 Å². The minimum Gasteiger partial charge on any atom is -0.328 e. The first-order chi connectivity index (χ1) is 7.75. The molecule has 2 aliphatic heterocycles. The van der Waals surface area contributed by atoms with Gasteiger partial charge in [-0.25, -0.2) is 0 Å². The molecule has 2 N–H and O–H groups in total. The van der Waals surface area contributed by atoms with Crippen LogP contribution < -0.4 is 5.73 Å². The zero-order valence-corrected chi connectivity index (χ0v) is 11.2. The summed E-state index contributed by atoms with van der Waals surface area (Å²) < 4.78 is 0. The van der Waals surface area contributed by atoms with Gasteiger partial charge in [0, 0.05) is 28.5 Å². The van der Waals surface area contributed by atoms with Gasteiger partial charge >= 0.3 is 0 Å². The Labute approximate surface area is 105 Å². The second-order valence-electron chi connectivity index (χ2n) is 4.87. The summed E-state index contributed by atoms with van der Waals surface area (Å²) in [5.74, 6) is 2.44. The van der Waals surface area contributed by atoms with E-state index in [0.717, 1.165) is 19.4 Å². The Morgan fingerprint density at radius 1 is 1.44 bits per heavy atom. The van der Waals surface area contributed by atoms with E-state index in [2.05, 4.69) is 29.1 Å². The van der Waals surface area contributed by atoms with Crippen LogP contribution >= 0.6 is 23.1 Å². The minimum absolute atomic E-state index is 0.394. The summed E-state index contributed by atoms with van der Waals surface area (Å²) in [5, 5.41) is 2.38. The Hall–Kier alpha value is -0.0300. The van der Waals surface area contributed by atoms with Crippen LogP contribution in [0.15, 0.2) is 5.38 Å². The van der Waals surface area contributed by atoms with E-state index in [1.807, 2.05) is 11.3 Å². The van der Waals surface area contributed by atoms with Crippen molar-refractivity contribution in [3.63, 3.8) is 0 Å². The molecule has 0 bridgehead atoms. The van der Waals surface area contributed by atoms with E-state index in [0.29, 0.717) is 12.1 Å². The first kappa shape index (κ1) is 11.1. The molecule has 3 rings (SSSR count). The standard InChI is InChI=1S/C12H18N2S2/c1-14-3-2-8(13)4-11(14)9-6-16-12-7-15-5-10(9)12/h6,8,11H,2-5,7,13H2,1H3. The summed E-state index contributed by atoms with van der Waals surface area (Å²) in [4.78, 5) is 4.09. The molecule has 1 aromatic heterocycles. The summed E-state index contributed by atoms with van der Waals surface area (Å²) in [6.45, 7) is 1.14. The van der Waals surface area contributed by atoms with Crippen molar-refractivity contribution in [1.82, 2.24) is 4.90 Å². The molecular weight excluding hydrogens is 236 g/mol. The molecule has 0 spiro atoms. The predicted octanol–water partition coefficient (Wildman–Crippen LogP) is 2.59. The van der Waals surface area contributed by atoms with Gasteiger partial charge in [-0.3, -0.25) is 4.90 Å². The van der Waals surface area contributed by atoms with Crippen molar-refractivity contribution in [1.29, 1.82) is 0 Å². The maximum atomic E-state index is 6.11. The van der Waals surface area contributed by atoms with Gasteiger partial charge in [-0.2, -0.15) is 11.8 Å². The lowest BCUT2D eigenvalue weighted by atomic mass is 9.92. The number of piperidine rings is 1. The largest absolute Gasteiger partial charge is 0.328 e. The Kier molecular flexibility index (Phi) is 3.00. The highest BCUT2D eigenvalue weighted by Gasteiger charge is 2.29. The van der Waals surface area contributed by atoms with E-state index in [-0.39, 0.29) is 0 Å². The van der Waals surface area contributed by atoms with E-state index in [1.165, 1.54) is 11.5 Å². The highest BCUT2D eigenvalue weighted by Crippen LogP contribution is 2.42. The van der Waals surface area contributed by atoms with E-state index in [9.17, 15) is 0 Å². The van der Waals surface area contributed by atoms with Crippen molar-refractivity contribution in [2.24, 2.45) is 5.73 Å². The molecule has 2 nitrogen and oxygen atoms in total. The number of rotatable bonds is 1. The monoisotopic (exact) mass is 254 g/mol. The van der Waals surface area contributed by atoms with Gasteiger partial charge in [0.15, 0.2) is 0 Å². The highest BCUT2D eigenvalue weighted by molar-refractivity contribution is 7.98. The topological polar surface area (TPSA) is 29.3 Å². The summed E-state index contributed by atoms with van der Waals surface area (Å²) >= 11 is 4.00. The average molecular weight is 254 g/mol. The summed E-state index contributed by atoms with van der Waals surface area (Å²) in [7, 11) is 2.24. The van der Waals surface area contributed by atoms with Crippen LogP contribution in [0, 0.1) is 0 Å². The number of likely N-dealkylation sites (tertiary alicyclic amines) is 1. The third-order valence-corrected chi connectivity index (χ3v) is 5.98. The van der Waals surface area contributed by atoms with Crippen LogP contribution in [0.25, 0.3) is 0 Å². The molecule has 2 aliphatic rings. The van der Waals surface area contributed by atoms with E-state index in [4.69, 9.17) is 5.73 Å². The van der Waals surface area contributed by atoms with Gasteiger partial charge in [-0.05, 0) is 42.9 Å². The number of nitrogens with zero attached hydrogens (tertiary/aromatic N) is 1. The number of hydrogen-bond acceptors (Lipinski definition) is 4. The van der Waals surface area contributed by atoms with Crippen LogP contribution in [0.3, 0.4) is 0 Å². The fourth-order valence-electron chi connectivity index (χ4n) is 2.72. The maximum absolute atomic E-state index is 6.11. The molecule has 3 heterocycles. The van der Waals surface area contributed by atoms with E-state index in [1.54, 1.807) is 16.0 Å². The summed E-state index contributed by atoms with van der Waals surface area (Å²) in [6.07, 6.45) is 2.28. The minimum atomic E-state index is 0.394. The smallest absolute Gasteiger partial charge is 0.0371 e. The molecule has 1 fully saturated rings. The second-order valence-corrected chi connectivity index (χ2v) is 6.82. The summed E-state index contributed by atoms with van der Waals surface area (Å²) in [5.41, 5.74) is 9.31. The number of nitrogens with two attached hydrogens (primary N) is 1. The zero-order chi connectivity index (χ0) is 11.1. The van der Waals surface area contributed by atoms with Gasteiger partial charge in [0.1, 0.15) is 0 Å². The molecule has 0 amide bonds. The lowest BCUT2D eigenvalue weighted by Crippen LogP contribution is -2.40. The lowest BCUT2D eigenvalue weighted by molar-refractivity contribution is 0.171. The molecule has 0 radical (unpaired) electrons. The zero-order valence-electron chi connectivity index (χ0n) is 9.61. The van der Waals surface area contributed by atoms with Gasteiger partial charge in [0.25, 0.3) is 0 Å². The Balaban J connectivity index is 1.90. The molecule has 0 aromatic carbocycles. The van der Waals surface area contributed by atoms with Crippen LogP contribution in [0.1, 0.15) is 34.9 Å². The van der Waals surface area contributed by atoms with Crippen LogP contribution in [0.5, 0.6) is 0 Å². The van der Waals surface area contributed by atoms with Crippen molar-refractivity contribution in [3.05, 3.63) is 21.4 Å². The molecule has 1 saturated heterocycles. The number of thiophene rings is 1. The molecule has 0 saturated carbocycles. The molecule has 2 atom stereocenters. The van der Waals surface area contributed by atoms with Gasteiger partial charge in [0.05, 0.1) is 0 Å². The third-order valence-electron chi connectivity index (χ3n) is 3.76. The van der Waals surface area contributed by atoms with Crippen molar-refractivity contribution in [2.45, 2.75) is 36.4 Å². The average Bonchev–Trinajstić information content (AvgIpc) is 2.83. The lowest BCUT2D eigenvalue weighted by Gasteiger charge is -2.36. The maximum Gasteiger partial charge on any atom is 0.0371 e. The van der Waals surface area contributed by atoms with Gasteiger partial charge in [-0.1, -0.05) is 0 Å². The predicted molar refractivity (Wildman–Crippen MR) is 71.9 cm³/mol. The summed E-state index contributed by atoms with van der Waals surface area (Å²) in [6, 6.07) is 0.966. The van der Waals surface area contributed by atoms with Crippen molar-refractivity contribution >= 4 is 23.1 Å². The van der Waals surface area contributed by atoms with Gasteiger partial charge < -0.3 is 5.73 Å². The quantitative estimate of drug-likeness (QED) is 0.835. The fraction of sp³-hybridized carbons (Fsp3) is 0.667. The van der Waals surface area contributed by atoms with Gasteiger partial charge in [-0.15, -0.1) is 11.3 Å². The Morgan fingerprint density at radius 3 is 3.19 bits per heavy atom. The molecule has 88 valence electrons. The van der Waals surface area contributed by atoms with Crippen molar-refractivity contribution < 1.29 is 0 Å². The second kappa shape index (κ2) is 4.33.